The lowest BCUT2D eigenvalue weighted by atomic mass is 10.5. The zero-order valence-electron chi connectivity index (χ0n) is 9.94. The molecule has 0 unspecified atom stereocenters. The SMILES string of the molecule is O=C(O)c1cc(S(=O)(=O)N2CCS(=O)(=O)CC2)c(Br)o1. The van der Waals surface area contributed by atoms with Crippen LogP contribution in [0.15, 0.2) is 20.0 Å². The molecule has 2 rings (SSSR count). The van der Waals surface area contributed by atoms with Crippen molar-refractivity contribution in [3.8, 4) is 0 Å². The van der Waals surface area contributed by atoms with Crippen molar-refractivity contribution in [3.63, 3.8) is 0 Å². The second kappa shape index (κ2) is 5.13. The van der Waals surface area contributed by atoms with E-state index in [0.717, 1.165) is 10.4 Å². The lowest BCUT2D eigenvalue weighted by Gasteiger charge is -2.25. The van der Waals surface area contributed by atoms with Crippen molar-refractivity contribution in [2.75, 3.05) is 24.6 Å². The minimum absolute atomic E-state index is 0.162. The summed E-state index contributed by atoms with van der Waals surface area (Å²) in [5.74, 6) is -2.42. The molecule has 11 heteroatoms. The minimum atomic E-state index is -3.99. The lowest BCUT2D eigenvalue weighted by Crippen LogP contribution is -2.43. The van der Waals surface area contributed by atoms with Gasteiger partial charge in [0.05, 0.1) is 11.5 Å². The highest BCUT2D eigenvalue weighted by Gasteiger charge is 2.34. The highest BCUT2D eigenvalue weighted by Crippen LogP contribution is 2.29. The van der Waals surface area contributed by atoms with E-state index in [1.807, 2.05) is 0 Å². The van der Waals surface area contributed by atoms with Crippen LogP contribution in [0.3, 0.4) is 0 Å². The molecule has 0 bridgehead atoms. The molecule has 1 saturated heterocycles. The van der Waals surface area contributed by atoms with Gasteiger partial charge in [0.2, 0.25) is 15.8 Å². The number of carbonyl (C=O) groups is 1. The first-order valence-electron chi connectivity index (χ1n) is 5.37. The van der Waals surface area contributed by atoms with E-state index in [2.05, 4.69) is 15.9 Å². The van der Waals surface area contributed by atoms with Crippen LogP contribution in [-0.2, 0) is 19.9 Å². The van der Waals surface area contributed by atoms with E-state index in [1.54, 1.807) is 0 Å². The van der Waals surface area contributed by atoms with Crippen LogP contribution >= 0.6 is 15.9 Å². The number of hydrogen-bond acceptors (Lipinski definition) is 6. The largest absolute Gasteiger partial charge is 0.475 e. The molecule has 112 valence electrons. The number of aromatic carboxylic acids is 1. The van der Waals surface area contributed by atoms with Crippen LogP contribution in [0.5, 0.6) is 0 Å². The van der Waals surface area contributed by atoms with Gasteiger partial charge in [0.15, 0.2) is 14.5 Å². The molecule has 20 heavy (non-hydrogen) atoms. The molecule has 2 heterocycles. The highest BCUT2D eigenvalue weighted by atomic mass is 79.9. The van der Waals surface area contributed by atoms with Gasteiger partial charge in [0, 0.05) is 19.2 Å². The fraction of sp³-hybridized carbons (Fsp3) is 0.444. The van der Waals surface area contributed by atoms with Crippen LogP contribution in [0.2, 0.25) is 0 Å². The molecule has 0 amide bonds. The molecule has 8 nitrogen and oxygen atoms in total. The standard InChI is InChI=1S/C9H10BrNO7S2/c10-8-7(5-6(18-8)9(12)13)20(16,17)11-1-3-19(14,15)4-2-11/h5H,1-4H2,(H,12,13). The predicted octanol–water partition coefficient (Wildman–Crippen LogP) is 0.159. The number of furan rings is 1. The Hall–Kier alpha value is -0.910. The maximum Gasteiger partial charge on any atom is 0.371 e. The smallest absolute Gasteiger partial charge is 0.371 e. The zero-order chi connectivity index (χ0) is 15.1. The number of sulfonamides is 1. The van der Waals surface area contributed by atoms with Crippen LogP contribution in [-0.4, -0.2) is 56.8 Å². The Kier molecular flexibility index (Phi) is 3.97. The van der Waals surface area contributed by atoms with E-state index in [9.17, 15) is 21.6 Å². The molecule has 0 spiro atoms. The van der Waals surface area contributed by atoms with Gasteiger partial charge in [-0.1, -0.05) is 0 Å². The summed E-state index contributed by atoms with van der Waals surface area (Å²) in [7, 11) is -7.20. The quantitative estimate of drug-likeness (QED) is 0.783. The Morgan fingerprint density at radius 2 is 1.90 bits per heavy atom. The van der Waals surface area contributed by atoms with Gasteiger partial charge in [-0.25, -0.2) is 21.6 Å². The van der Waals surface area contributed by atoms with E-state index in [-0.39, 0.29) is 34.2 Å². The summed E-state index contributed by atoms with van der Waals surface area (Å²) < 4.78 is 52.8. The third-order valence-corrected chi connectivity index (χ3v) is 7.15. The number of carboxylic acids is 1. The molecule has 0 aliphatic carbocycles. The first kappa shape index (κ1) is 15.5. The summed E-state index contributed by atoms with van der Waals surface area (Å²) in [4.78, 5) is 10.4. The zero-order valence-corrected chi connectivity index (χ0v) is 13.2. The van der Waals surface area contributed by atoms with Crippen LogP contribution in [0.25, 0.3) is 0 Å². The summed E-state index contributed by atoms with van der Waals surface area (Å²) in [6, 6.07) is 0.894. The molecule has 1 fully saturated rings. The molecule has 1 aromatic rings. The fourth-order valence-corrected chi connectivity index (χ4v) is 5.49. The molecule has 1 aliphatic heterocycles. The van der Waals surface area contributed by atoms with E-state index < -0.39 is 31.6 Å². The van der Waals surface area contributed by atoms with E-state index in [4.69, 9.17) is 9.52 Å². The molecule has 1 aliphatic rings. The number of sulfone groups is 1. The van der Waals surface area contributed by atoms with Gasteiger partial charge in [-0.05, 0) is 15.9 Å². The number of rotatable bonds is 3. The predicted molar refractivity (Wildman–Crippen MR) is 70.8 cm³/mol. The van der Waals surface area contributed by atoms with Crippen molar-refractivity contribution in [1.82, 2.24) is 4.31 Å². The van der Waals surface area contributed by atoms with Gasteiger partial charge in [-0.15, -0.1) is 0 Å². The lowest BCUT2D eigenvalue weighted by molar-refractivity contribution is 0.0661. The van der Waals surface area contributed by atoms with Gasteiger partial charge in [-0.2, -0.15) is 4.31 Å². The van der Waals surface area contributed by atoms with Gasteiger partial charge in [0.1, 0.15) is 4.90 Å². The van der Waals surface area contributed by atoms with Crippen molar-refractivity contribution in [3.05, 3.63) is 16.5 Å². The third kappa shape index (κ3) is 2.90. The van der Waals surface area contributed by atoms with Crippen LogP contribution in [0.1, 0.15) is 10.6 Å². The number of halogens is 1. The van der Waals surface area contributed by atoms with Crippen LogP contribution in [0.4, 0.5) is 0 Å². The highest BCUT2D eigenvalue weighted by molar-refractivity contribution is 9.10. The second-order valence-corrected chi connectivity index (χ2v) is 9.04. The van der Waals surface area contributed by atoms with E-state index in [1.165, 1.54) is 0 Å². The second-order valence-electron chi connectivity index (χ2n) is 4.11. The Balaban J connectivity index is 2.34. The van der Waals surface area contributed by atoms with Crippen molar-refractivity contribution in [2.45, 2.75) is 4.90 Å². The monoisotopic (exact) mass is 387 g/mol. The van der Waals surface area contributed by atoms with Gasteiger partial charge >= 0.3 is 5.97 Å². The normalized spacial score (nSPS) is 19.9. The Morgan fingerprint density at radius 1 is 1.35 bits per heavy atom. The van der Waals surface area contributed by atoms with Crippen molar-refractivity contribution in [2.24, 2.45) is 0 Å². The third-order valence-electron chi connectivity index (χ3n) is 2.79. The van der Waals surface area contributed by atoms with Crippen molar-refractivity contribution in [1.29, 1.82) is 0 Å². The maximum absolute atomic E-state index is 12.3. The molecule has 0 aromatic carbocycles. The van der Waals surface area contributed by atoms with Crippen molar-refractivity contribution < 1.29 is 31.2 Å². The van der Waals surface area contributed by atoms with Crippen LogP contribution in [0, 0.1) is 0 Å². The summed E-state index contributed by atoms with van der Waals surface area (Å²) in [5.41, 5.74) is 0. The first-order valence-corrected chi connectivity index (χ1v) is 9.42. The Labute approximate surface area is 123 Å². The van der Waals surface area contributed by atoms with Gasteiger partial charge in [0.25, 0.3) is 0 Å². The van der Waals surface area contributed by atoms with E-state index in [0.29, 0.717) is 0 Å². The molecular formula is C9H10BrNO7S2. The number of nitrogens with zero attached hydrogens (tertiary/aromatic N) is 1. The average Bonchev–Trinajstić information content (AvgIpc) is 2.71. The fourth-order valence-electron chi connectivity index (χ4n) is 1.71. The van der Waals surface area contributed by atoms with Crippen molar-refractivity contribution >= 4 is 41.8 Å². The number of carboxylic acid groups (broad SMARTS) is 1. The van der Waals surface area contributed by atoms with Gasteiger partial charge in [-0.3, -0.25) is 0 Å². The van der Waals surface area contributed by atoms with Gasteiger partial charge < -0.3 is 9.52 Å². The topological polar surface area (TPSA) is 122 Å². The molecule has 1 N–H and O–H groups in total. The summed E-state index contributed by atoms with van der Waals surface area (Å²) >= 11 is 2.86. The molecule has 0 radical (unpaired) electrons. The minimum Gasteiger partial charge on any atom is -0.475 e. The van der Waals surface area contributed by atoms with Crippen LogP contribution < -0.4 is 0 Å². The summed E-state index contributed by atoms with van der Waals surface area (Å²) in [6.07, 6.45) is 0. The Bertz CT molecular complexity index is 735. The molecular weight excluding hydrogens is 378 g/mol. The average molecular weight is 388 g/mol. The molecule has 1 aromatic heterocycles. The molecule has 0 atom stereocenters. The summed E-state index contributed by atoms with van der Waals surface area (Å²) in [5, 5.41) is 8.76. The Morgan fingerprint density at radius 3 is 2.35 bits per heavy atom. The van der Waals surface area contributed by atoms with E-state index >= 15 is 0 Å². The summed E-state index contributed by atoms with van der Waals surface area (Å²) in [6.45, 7) is -0.324. The maximum atomic E-state index is 12.3. The molecule has 0 saturated carbocycles. The number of hydrogen-bond donors (Lipinski definition) is 1. The first-order chi connectivity index (χ1) is 9.13.